The van der Waals surface area contributed by atoms with Crippen molar-refractivity contribution in [2.45, 2.75) is 84.3 Å². The number of ether oxygens (including phenoxy) is 1. The third-order valence-corrected chi connectivity index (χ3v) is 4.16. The fourth-order valence-electron chi connectivity index (χ4n) is 2.85. The zero-order chi connectivity index (χ0) is 18.8. The van der Waals surface area contributed by atoms with Gasteiger partial charge in [0.2, 0.25) is 0 Å². The third kappa shape index (κ3) is 5.31. The number of likely N-dealkylation sites (tertiary alicyclic amines) is 1. The van der Waals surface area contributed by atoms with Crippen LogP contribution in [0.4, 0.5) is 4.79 Å². The molecule has 2 rings (SSSR count). The van der Waals surface area contributed by atoms with Crippen LogP contribution in [0, 0.1) is 0 Å². The van der Waals surface area contributed by atoms with Crippen LogP contribution in [0.2, 0.25) is 0 Å². The van der Waals surface area contributed by atoms with Crippen molar-refractivity contribution in [1.82, 2.24) is 10.1 Å². The van der Waals surface area contributed by atoms with Crippen LogP contribution in [-0.4, -0.2) is 40.1 Å². The van der Waals surface area contributed by atoms with Gasteiger partial charge in [-0.25, -0.2) is 4.79 Å². The average Bonchev–Trinajstić information content (AvgIpc) is 2.94. The molecule has 1 amide bonds. The first-order chi connectivity index (χ1) is 11.5. The second-order valence-corrected chi connectivity index (χ2v) is 8.76. The molecule has 140 valence electrons. The predicted octanol–water partition coefficient (Wildman–Crippen LogP) is 3.87. The maximum absolute atomic E-state index is 12.8. The van der Waals surface area contributed by atoms with E-state index in [0.29, 0.717) is 18.7 Å². The molecule has 1 fully saturated rings. The molecule has 6 nitrogen and oxygen atoms in total. The van der Waals surface area contributed by atoms with E-state index in [9.17, 15) is 9.59 Å². The van der Waals surface area contributed by atoms with Crippen molar-refractivity contribution in [3.8, 4) is 0 Å². The van der Waals surface area contributed by atoms with Gasteiger partial charge in [-0.3, -0.25) is 9.69 Å². The summed E-state index contributed by atoms with van der Waals surface area (Å²) in [5.41, 5.74) is -0.109. The molecule has 0 aliphatic carbocycles. The second kappa shape index (κ2) is 7.18. The molecule has 25 heavy (non-hydrogen) atoms. The normalized spacial score (nSPS) is 19.0. The molecule has 1 aliphatic heterocycles. The van der Waals surface area contributed by atoms with Gasteiger partial charge in [0.05, 0.1) is 18.2 Å². The van der Waals surface area contributed by atoms with Gasteiger partial charge in [0.1, 0.15) is 11.4 Å². The van der Waals surface area contributed by atoms with E-state index in [0.717, 1.165) is 18.6 Å². The van der Waals surface area contributed by atoms with E-state index < -0.39 is 17.7 Å². The lowest BCUT2D eigenvalue weighted by atomic mass is 9.92. The highest BCUT2D eigenvalue weighted by atomic mass is 16.6. The van der Waals surface area contributed by atoms with Crippen LogP contribution in [0.25, 0.3) is 0 Å². The maximum atomic E-state index is 12.8. The molecule has 0 saturated carbocycles. The Bertz CT molecular complexity index is 622. The summed E-state index contributed by atoms with van der Waals surface area (Å²) in [6, 6.07) is 1.39. The van der Waals surface area contributed by atoms with Gasteiger partial charge in [0.25, 0.3) is 0 Å². The predicted molar refractivity (Wildman–Crippen MR) is 94.5 cm³/mol. The summed E-state index contributed by atoms with van der Waals surface area (Å²) >= 11 is 0. The van der Waals surface area contributed by atoms with Gasteiger partial charge in [-0.1, -0.05) is 25.9 Å². The summed E-state index contributed by atoms with van der Waals surface area (Å²) in [4.78, 5) is 26.8. The number of Topliss-reactive ketones (excluding diaryl/α,β-unsaturated/α-hetero) is 1. The van der Waals surface area contributed by atoms with Gasteiger partial charge in [-0.2, -0.15) is 0 Å². The Balaban J connectivity index is 2.07. The molecule has 1 saturated heterocycles. The van der Waals surface area contributed by atoms with Crippen LogP contribution in [0.1, 0.15) is 72.3 Å². The van der Waals surface area contributed by atoms with Crippen molar-refractivity contribution in [1.29, 1.82) is 0 Å². The number of aromatic nitrogens is 1. The van der Waals surface area contributed by atoms with Crippen LogP contribution in [0.5, 0.6) is 0 Å². The number of hydrogen-bond donors (Lipinski definition) is 0. The highest BCUT2D eigenvalue weighted by molar-refractivity contribution is 5.89. The van der Waals surface area contributed by atoms with Crippen LogP contribution in [0.3, 0.4) is 0 Å². The van der Waals surface area contributed by atoms with Crippen LogP contribution >= 0.6 is 0 Å². The largest absolute Gasteiger partial charge is 0.444 e. The van der Waals surface area contributed by atoms with E-state index in [4.69, 9.17) is 9.26 Å². The van der Waals surface area contributed by atoms with Gasteiger partial charge >= 0.3 is 6.09 Å². The standard InChI is InChI=1S/C19H30N2O4/c1-18(2,3)16-12-13(20-25-16)11-15(22)14-9-7-8-10-21(14)17(23)24-19(4,5)6/h12,14H,7-11H2,1-6H3. The van der Waals surface area contributed by atoms with E-state index >= 15 is 0 Å². The van der Waals surface area contributed by atoms with Crippen molar-refractivity contribution in [2.24, 2.45) is 0 Å². The van der Waals surface area contributed by atoms with Crippen molar-refractivity contribution < 1.29 is 18.8 Å². The molecular formula is C19H30N2O4. The first-order valence-electron chi connectivity index (χ1n) is 8.96. The number of ketones is 1. The van der Waals surface area contributed by atoms with Gasteiger partial charge in [0.15, 0.2) is 5.78 Å². The molecule has 1 atom stereocenters. The van der Waals surface area contributed by atoms with E-state index in [1.54, 1.807) is 4.90 Å². The highest BCUT2D eigenvalue weighted by Crippen LogP contribution is 2.25. The number of amides is 1. The molecule has 0 radical (unpaired) electrons. The Morgan fingerprint density at radius 1 is 1.24 bits per heavy atom. The molecule has 0 N–H and O–H groups in total. The van der Waals surface area contributed by atoms with Crippen LogP contribution in [0.15, 0.2) is 10.6 Å². The van der Waals surface area contributed by atoms with Crippen molar-refractivity contribution in [3.05, 3.63) is 17.5 Å². The zero-order valence-electron chi connectivity index (χ0n) is 16.2. The summed E-state index contributed by atoms with van der Waals surface area (Å²) in [5, 5.41) is 4.02. The minimum absolute atomic E-state index is 0.0145. The topological polar surface area (TPSA) is 72.6 Å². The molecule has 2 heterocycles. The lowest BCUT2D eigenvalue weighted by Crippen LogP contribution is -2.50. The number of rotatable bonds is 3. The van der Waals surface area contributed by atoms with E-state index in [-0.39, 0.29) is 17.6 Å². The lowest BCUT2D eigenvalue weighted by Gasteiger charge is -2.35. The number of carbonyl (C=O) groups excluding carboxylic acids is 2. The highest BCUT2D eigenvalue weighted by Gasteiger charge is 2.35. The Kier molecular flexibility index (Phi) is 5.59. The maximum Gasteiger partial charge on any atom is 0.410 e. The average molecular weight is 350 g/mol. The Morgan fingerprint density at radius 2 is 1.92 bits per heavy atom. The van der Waals surface area contributed by atoms with Gasteiger partial charge < -0.3 is 9.26 Å². The number of hydrogen-bond acceptors (Lipinski definition) is 5. The summed E-state index contributed by atoms with van der Waals surface area (Å²) in [6.07, 6.45) is 2.25. The quantitative estimate of drug-likeness (QED) is 0.827. The minimum atomic E-state index is -0.574. The van der Waals surface area contributed by atoms with Crippen molar-refractivity contribution in [3.63, 3.8) is 0 Å². The summed E-state index contributed by atoms with van der Waals surface area (Å²) in [6.45, 7) is 12.1. The van der Waals surface area contributed by atoms with E-state index in [1.165, 1.54) is 0 Å². The Labute approximate surface area is 149 Å². The Hall–Kier alpha value is -1.85. The van der Waals surface area contributed by atoms with Crippen LogP contribution in [-0.2, 0) is 21.4 Å². The zero-order valence-corrected chi connectivity index (χ0v) is 16.2. The minimum Gasteiger partial charge on any atom is -0.444 e. The molecular weight excluding hydrogens is 320 g/mol. The summed E-state index contributed by atoms with van der Waals surface area (Å²) < 4.78 is 10.8. The van der Waals surface area contributed by atoms with Gasteiger partial charge in [0, 0.05) is 18.0 Å². The Morgan fingerprint density at radius 3 is 2.48 bits per heavy atom. The van der Waals surface area contributed by atoms with Gasteiger partial charge in [-0.15, -0.1) is 0 Å². The first kappa shape index (κ1) is 19.5. The number of nitrogens with zero attached hydrogens (tertiary/aromatic N) is 2. The smallest absolute Gasteiger partial charge is 0.410 e. The van der Waals surface area contributed by atoms with E-state index in [2.05, 4.69) is 5.16 Å². The number of carbonyl (C=O) groups is 2. The molecule has 0 aromatic carbocycles. The van der Waals surface area contributed by atoms with Gasteiger partial charge in [-0.05, 0) is 40.0 Å². The second-order valence-electron chi connectivity index (χ2n) is 8.76. The molecule has 1 aromatic rings. The molecule has 0 spiro atoms. The SMILES string of the molecule is CC(C)(C)OC(=O)N1CCCCC1C(=O)Cc1cc(C(C)(C)C)on1. The van der Waals surface area contributed by atoms with Crippen molar-refractivity contribution >= 4 is 11.9 Å². The summed E-state index contributed by atoms with van der Waals surface area (Å²) in [5.74, 6) is 0.738. The van der Waals surface area contributed by atoms with E-state index in [1.807, 2.05) is 47.6 Å². The monoisotopic (exact) mass is 350 g/mol. The van der Waals surface area contributed by atoms with Crippen LogP contribution < -0.4 is 0 Å². The lowest BCUT2D eigenvalue weighted by molar-refractivity contribution is -0.124. The molecule has 6 heteroatoms. The molecule has 0 bridgehead atoms. The first-order valence-corrected chi connectivity index (χ1v) is 8.96. The summed E-state index contributed by atoms with van der Waals surface area (Å²) in [7, 11) is 0. The third-order valence-electron chi connectivity index (χ3n) is 4.16. The van der Waals surface area contributed by atoms with Crippen molar-refractivity contribution in [2.75, 3.05) is 6.54 Å². The fraction of sp³-hybridized carbons (Fsp3) is 0.737. The molecule has 1 aromatic heterocycles. The fourth-order valence-corrected chi connectivity index (χ4v) is 2.85. The molecule has 1 aliphatic rings. The number of piperidine rings is 1. The molecule has 1 unspecified atom stereocenters.